The van der Waals surface area contributed by atoms with Gasteiger partial charge in [0, 0.05) is 25.9 Å². The predicted molar refractivity (Wildman–Crippen MR) is 61.8 cm³/mol. The van der Waals surface area contributed by atoms with Crippen molar-refractivity contribution >= 4 is 17.6 Å². The fourth-order valence-electron chi connectivity index (χ4n) is 2.41. The molecule has 0 N–H and O–H groups in total. The number of nitrogens with zero attached hydrogens (tertiary/aromatic N) is 2. The second kappa shape index (κ2) is 4.03. The Morgan fingerprint density at radius 1 is 0.889 bits per heavy atom. The van der Waals surface area contributed by atoms with Crippen molar-refractivity contribution in [2.75, 3.05) is 0 Å². The van der Waals surface area contributed by atoms with E-state index >= 15 is 0 Å². The monoisotopic (exact) mass is 244 g/mol. The molecule has 1 aromatic rings. The van der Waals surface area contributed by atoms with E-state index in [1.54, 1.807) is 5.01 Å². The third-order valence-electron chi connectivity index (χ3n) is 3.34. The molecule has 3 rings (SSSR count). The van der Waals surface area contributed by atoms with Crippen LogP contribution in [0.5, 0.6) is 0 Å². The molecule has 0 aliphatic carbocycles. The molecule has 1 saturated heterocycles. The van der Waals surface area contributed by atoms with Gasteiger partial charge in [-0.2, -0.15) is 0 Å². The zero-order chi connectivity index (χ0) is 12.7. The lowest BCUT2D eigenvalue weighted by molar-refractivity contribution is -0.173. The molecule has 2 aliphatic heterocycles. The number of carbonyl (C=O) groups is 3. The van der Waals surface area contributed by atoms with Gasteiger partial charge in [0.15, 0.2) is 0 Å². The van der Waals surface area contributed by atoms with E-state index in [1.165, 1.54) is 0 Å². The summed E-state index contributed by atoms with van der Waals surface area (Å²) in [7, 11) is 0. The number of amides is 2. The van der Waals surface area contributed by atoms with Gasteiger partial charge >= 0.3 is 5.91 Å². The van der Waals surface area contributed by atoms with E-state index in [0.717, 1.165) is 16.1 Å². The minimum Gasteiger partial charge on any atom is -0.289 e. The fourth-order valence-corrected chi connectivity index (χ4v) is 2.41. The van der Waals surface area contributed by atoms with Gasteiger partial charge in [-0.15, -0.1) is 0 Å². The quantitative estimate of drug-likeness (QED) is 0.537. The highest BCUT2D eigenvalue weighted by molar-refractivity contribution is 6.40. The van der Waals surface area contributed by atoms with Crippen LogP contribution in [0.3, 0.4) is 0 Å². The molecule has 0 bridgehead atoms. The summed E-state index contributed by atoms with van der Waals surface area (Å²) in [4.78, 5) is 35.0. The summed E-state index contributed by atoms with van der Waals surface area (Å²) in [6.07, 6.45) is 0.159. The third-order valence-corrected chi connectivity index (χ3v) is 3.34. The average molecular weight is 244 g/mol. The van der Waals surface area contributed by atoms with Crippen molar-refractivity contribution in [1.29, 1.82) is 0 Å². The van der Waals surface area contributed by atoms with Crippen molar-refractivity contribution in [1.82, 2.24) is 10.0 Å². The number of benzene rings is 1. The van der Waals surface area contributed by atoms with Gasteiger partial charge in [0.25, 0.3) is 0 Å². The third kappa shape index (κ3) is 1.64. The molecule has 18 heavy (non-hydrogen) atoms. The topological polar surface area (TPSA) is 57.7 Å². The molecule has 1 aromatic carbocycles. The standard InChI is InChI=1S/C13H12N2O3/c16-11-5-6-12(17)15(13(11)18)14-7-9-3-1-2-4-10(9)8-14/h1-4H,5-8H2. The molecule has 5 nitrogen and oxygen atoms in total. The van der Waals surface area contributed by atoms with Gasteiger partial charge in [0.05, 0.1) is 0 Å². The van der Waals surface area contributed by atoms with Gasteiger partial charge < -0.3 is 0 Å². The molecular formula is C13H12N2O3. The first kappa shape index (κ1) is 11.1. The molecule has 0 saturated carbocycles. The lowest BCUT2D eigenvalue weighted by Gasteiger charge is -2.31. The lowest BCUT2D eigenvalue weighted by Crippen LogP contribution is -2.53. The Kier molecular flexibility index (Phi) is 2.48. The van der Waals surface area contributed by atoms with Crippen LogP contribution in [-0.4, -0.2) is 27.6 Å². The Morgan fingerprint density at radius 3 is 2.11 bits per heavy atom. The minimum absolute atomic E-state index is 0.0367. The van der Waals surface area contributed by atoms with Gasteiger partial charge in [-0.3, -0.25) is 14.4 Å². The van der Waals surface area contributed by atoms with Crippen molar-refractivity contribution in [3.8, 4) is 0 Å². The van der Waals surface area contributed by atoms with Crippen LogP contribution in [0.25, 0.3) is 0 Å². The lowest BCUT2D eigenvalue weighted by atomic mass is 10.1. The summed E-state index contributed by atoms with van der Waals surface area (Å²) in [5.74, 6) is -1.46. The number of carbonyl (C=O) groups excluding carboxylic acids is 3. The maximum absolute atomic E-state index is 11.8. The number of rotatable bonds is 1. The molecule has 0 spiro atoms. The maximum atomic E-state index is 11.8. The highest BCUT2D eigenvalue weighted by atomic mass is 16.2. The Bertz CT molecular complexity index is 528. The SMILES string of the molecule is O=C1CCC(=O)N(N2Cc3ccccc3C2)C1=O. The normalized spacial score (nSPS) is 20.4. The number of hydrogen-bond acceptors (Lipinski definition) is 4. The first-order valence-electron chi connectivity index (χ1n) is 5.88. The summed E-state index contributed by atoms with van der Waals surface area (Å²) in [6, 6.07) is 7.78. The van der Waals surface area contributed by atoms with Crippen LogP contribution in [0.1, 0.15) is 24.0 Å². The molecule has 2 heterocycles. The maximum Gasteiger partial charge on any atom is 0.311 e. The number of hydrazine groups is 1. The van der Waals surface area contributed by atoms with Gasteiger partial charge in [-0.05, 0) is 11.1 Å². The van der Waals surface area contributed by atoms with Crippen molar-refractivity contribution in [2.45, 2.75) is 25.9 Å². The Hall–Kier alpha value is -2.01. The van der Waals surface area contributed by atoms with Crippen LogP contribution in [-0.2, 0) is 27.5 Å². The molecular weight excluding hydrogens is 232 g/mol. The molecule has 2 amide bonds. The smallest absolute Gasteiger partial charge is 0.289 e. The first-order valence-corrected chi connectivity index (χ1v) is 5.88. The molecule has 0 unspecified atom stereocenters. The summed E-state index contributed by atoms with van der Waals surface area (Å²) in [5, 5.41) is 2.66. The number of piperidine rings is 1. The van der Waals surface area contributed by atoms with E-state index in [1.807, 2.05) is 24.3 Å². The number of Topliss-reactive ketones (excluding diaryl/α,β-unsaturated/α-hetero) is 1. The summed E-state index contributed by atoms with van der Waals surface area (Å²) in [6.45, 7) is 1.00. The second-order valence-corrected chi connectivity index (χ2v) is 4.53. The van der Waals surface area contributed by atoms with E-state index in [0.29, 0.717) is 13.1 Å². The first-order chi connectivity index (χ1) is 8.66. The molecule has 0 aromatic heterocycles. The molecule has 1 fully saturated rings. The van der Waals surface area contributed by atoms with E-state index in [4.69, 9.17) is 0 Å². The summed E-state index contributed by atoms with van der Waals surface area (Å²) in [5.41, 5.74) is 2.19. The van der Waals surface area contributed by atoms with Crippen molar-refractivity contribution < 1.29 is 14.4 Å². The van der Waals surface area contributed by atoms with Gasteiger partial charge in [0.2, 0.25) is 11.7 Å². The van der Waals surface area contributed by atoms with Crippen molar-refractivity contribution in [3.63, 3.8) is 0 Å². The average Bonchev–Trinajstić information content (AvgIpc) is 2.77. The van der Waals surface area contributed by atoms with Crippen LogP contribution < -0.4 is 0 Å². The molecule has 2 aliphatic rings. The number of imide groups is 1. The van der Waals surface area contributed by atoms with E-state index < -0.39 is 11.7 Å². The highest BCUT2D eigenvalue weighted by Gasteiger charge is 2.38. The van der Waals surface area contributed by atoms with Crippen LogP contribution >= 0.6 is 0 Å². The fraction of sp³-hybridized carbons (Fsp3) is 0.308. The van der Waals surface area contributed by atoms with Gasteiger partial charge in [-0.1, -0.05) is 24.3 Å². The molecule has 0 atom stereocenters. The van der Waals surface area contributed by atoms with E-state index in [-0.39, 0.29) is 18.7 Å². The predicted octanol–water partition coefficient (Wildman–Crippen LogP) is 0.635. The van der Waals surface area contributed by atoms with Crippen LogP contribution in [0.15, 0.2) is 24.3 Å². The number of ketones is 1. The minimum atomic E-state index is -0.695. The zero-order valence-corrected chi connectivity index (χ0v) is 9.76. The Labute approximate surface area is 104 Å². The number of fused-ring (bicyclic) bond motifs is 1. The van der Waals surface area contributed by atoms with Crippen LogP contribution in [0, 0.1) is 0 Å². The van der Waals surface area contributed by atoms with E-state index in [2.05, 4.69) is 0 Å². The molecule has 92 valence electrons. The van der Waals surface area contributed by atoms with Crippen molar-refractivity contribution in [3.05, 3.63) is 35.4 Å². The second-order valence-electron chi connectivity index (χ2n) is 4.53. The van der Waals surface area contributed by atoms with Crippen LogP contribution in [0.2, 0.25) is 0 Å². The number of hydrogen-bond donors (Lipinski definition) is 0. The van der Waals surface area contributed by atoms with E-state index in [9.17, 15) is 14.4 Å². The molecule has 0 radical (unpaired) electrons. The van der Waals surface area contributed by atoms with Gasteiger partial charge in [0.1, 0.15) is 0 Å². The summed E-state index contributed by atoms with van der Waals surface area (Å²) >= 11 is 0. The van der Waals surface area contributed by atoms with Crippen molar-refractivity contribution in [2.24, 2.45) is 0 Å². The highest BCUT2D eigenvalue weighted by Crippen LogP contribution is 2.25. The molecule has 5 heteroatoms. The zero-order valence-electron chi connectivity index (χ0n) is 9.76. The largest absolute Gasteiger partial charge is 0.311 e. The summed E-state index contributed by atoms with van der Waals surface area (Å²) < 4.78 is 0. The Morgan fingerprint density at radius 2 is 1.50 bits per heavy atom. The Balaban J connectivity index is 1.87. The van der Waals surface area contributed by atoms with Crippen LogP contribution in [0.4, 0.5) is 0 Å². The van der Waals surface area contributed by atoms with Gasteiger partial charge in [-0.25, -0.2) is 10.0 Å².